The van der Waals surface area contributed by atoms with Gasteiger partial charge in [-0.3, -0.25) is 0 Å². The highest BCUT2D eigenvalue weighted by Crippen LogP contribution is 2.44. The van der Waals surface area contributed by atoms with E-state index in [4.69, 9.17) is 9.47 Å². The molecule has 0 radical (unpaired) electrons. The maximum Gasteiger partial charge on any atom is 0.163 e. The SMILES string of the molecule is BC[C@H]1C(=C)[C@H](O)C2OC(C)(C)O[C@H]21. The van der Waals surface area contributed by atoms with E-state index >= 15 is 0 Å². The molecule has 0 aromatic heterocycles. The van der Waals surface area contributed by atoms with Gasteiger partial charge in [0.15, 0.2) is 5.79 Å². The average Bonchev–Trinajstić information content (AvgIpc) is 2.50. The number of aliphatic hydroxyl groups excluding tert-OH is 1. The van der Waals surface area contributed by atoms with Gasteiger partial charge in [0.25, 0.3) is 0 Å². The van der Waals surface area contributed by atoms with E-state index in [2.05, 4.69) is 14.4 Å². The van der Waals surface area contributed by atoms with Crippen molar-refractivity contribution in [1.82, 2.24) is 0 Å². The Kier molecular flexibility index (Phi) is 2.25. The molecule has 0 amide bonds. The first-order valence-corrected chi connectivity index (χ1v) is 5.18. The molecule has 1 unspecified atom stereocenters. The van der Waals surface area contributed by atoms with Crippen LogP contribution >= 0.6 is 0 Å². The molecule has 2 rings (SSSR count). The molecular weight excluding hydrogens is 179 g/mol. The Hall–Kier alpha value is -0.315. The predicted molar refractivity (Wildman–Crippen MR) is 55.8 cm³/mol. The minimum Gasteiger partial charge on any atom is -0.386 e. The average molecular weight is 196 g/mol. The third-order valence-electron chi connectivity index (χ3n) is 3.17. The number of rotatable bonds is 1. The second-order valence-electron chi connectivity index (χ2n) is 4.60. The summed E-state index contributed by atoms with van der Waals surface area (Å²) in [6.07, 6.45) is 0.142. The lowest BCUT2D eigenvalue weighted by Gasteiger charge is -2.22. The fourth-order valence-electron chi connectivity index (χ4n) is 2.51. The fraction of sp³-hybridized carbons (Fsp3) is 0.800. The van der Waals surface area contributed by atoms with Gasteiger partial charge in [-0.1, -0.05) is 12.9 Å². The van der Waals surface area contributed by atoms with Crippen LogP contribution in [0.2, 0.25) is 6.32 Å². The van der Waals surface area contributed by atoms with Crippen LogP contribution in [0.1, 0.15) is 13.8 Å². The van der Waals surface area contributed by atoms with Gasteiger partial charge < -0.3 is 14.6 Å². The van der Waals surface area contributed by atoms with Gasteiger partial charge in [-0.2, -0.15) is 0 Å². The molecule has 4 heteroatoms. The van der Waals surface area contributed by atoms with Crippen LogP contribution in [-0.4, -0.2) is 37.1 Å². The van der Waals surface area contributed by atoms with E-state index in [1.165, 1.54) is 0 Å². The molecule has 0 spiro atoms. The van der Waals surface area contributed by atoms with Crippen LogP contribution in [0.25, 0.3) is 0 Å². The molecule has 3 nitrogen and oxygen atoms in total. The highest BCUT2D eigenvalue weighted by Gasteiger charge is 2.54. The van der Waals surface area contributed by atoms with Crippen molar-refractivity contribution in [3.05, 3.63) is 12.2 Å². The highest BCUT2D eigenvalue weighted by molar-refractivity contribution is 6.08. The minimum absolute atomic E-state index is 0.0162. The maximum atomic E-state index is 9.90. The molecule has 78 valence electrons. The molecular formula is C10H17BO3. The number of aliphatic hydroxyl groups is 1. The number of hydrogen-bond donors (Lipinski definition) is 1. The molecule has 1 aliphatic heterocycles. The van der Waals surface area contributed by atoms with Crippen molar-refractivity contribution in [3.63, 3.8) is 0 Å². The van der Waals surface area contributed by atoms with E-state index < -0.39 is 11.9 Å². The molecule has 1 heterocycles. The summed E-state index contributed by atoms with van der Waals surface area (Å²) in [5.74, 6) is -0.332. The highest BCUT2D eigenvalue weighted by atomic mass is 16.8. The molecule has 1 N–H and O–H groups in total. The first-order valence-electron chi connectivity index (χ1n) is 5.18. The zero-order valence-corrected chi connectivity index (χ0v) is 8.99. The summed E-state index contributed by atoms with van der Waals surface area (Å²) in [5, 5.41) is 9.90. The number of fused-ring (bicyclic) bond motifs is 1. The Bertz CT molecular complexity index is 264. The van der Waals surface area contributed by atoms with Crippen LogP contribution in [0.4, 0.5) is 0 Å². The van der Waals surface area contributed by atoms with Crippen molar-refractivity contribution in [2.24, 2.45) is 5.92 Å². The molecule has 14 heavy (non-hydrogen) atoms. The zero-order chi connectivity index (χ0) is 10.5. The Labute approximate surface area is 85.5 Å². The lowest BCUT2D eigenvalue weighted by Crippen LogP contribution is -2.28. The number of ether oxygens (including phenoxy) is 2. The van der Waals surface area contributed by atoms with E-state index in [9.17, 15) is 5.11 Å². The molecule has 1 saturated heterocycles. The third kappa shape index (κ3) is 1.33. The Morgan fingerprint density at radius 2 is 2.00 bits per heavy atom. The number of hydrogen-bond acceptors (Lipinski definition) is 3. The van der Waals surface area contributed by atoms with E-state index in [0.29, 0.717) is 0 Å². The second kappa shape index (κ2) is 3.09. The minimum atomic E-state index is -0.565. The fourth-order valence-corrected chi connectivity index (χ4v) is 2.51. The molecule has 2 aliphatic rings. The smallest absolute Gasteiger partial charge is 0.163 e. The normalized spacial score (nSPS) is 45.5. The van der Waals surface area contributed by atoms with Gasteiger partial charge in [0.1, 0.15) is 20.1 Å². The van der Waals surface area contributed by atoms with Crippen LogP contribution in [0, 0.1) is 5.92 Å². The van der Waals surface area contributed by atoms with E-state index in [1.807, 2.05) is 13.8 Å². The largest absolute Gasteiger partial charge is 0.386 e. The summed E-state index contributed by atoms with van der Waals surface area (Å²) in [6.45, 7) is 7.67. The van der Waals surface area contributed by atoms with Crippen molar-refractivity contribution in [3.8, 4) is 0 Å². The van der Waals surface area contributed by atoms with Crippen LogP contribution in [-0.2, 0) is 9.47 Å². The van der Waals surface area contributed by atoms with Crippen molar-refractivity contribution >= 4 is 7.85 Å². The maximum absolute atomic E-state index is 9.90. The van der Waals surface area contributed by atoms with Crippen LogP contribution in [0.5, 0.6) is 0 Å². The summed E-state index contributed by atoms with van der Waals surface area (Å²) in [5.41, 5.74) is 0.859. The van der Waals surface area contributed by atoms with E-state index in [1.54, 1.807) is 0 Å². The molecule has 0 aromatic carbocycles. The van der Waals surface area contributed by atoms with Crippen molar-refractivity contribution in [2.45, 2.75) is 44.3 Å². The molecule has 4 atom stereocenters. The van der Waals surface area contributed by atoms with Gasteiger partial charge in [0.2, 0.25) is 0 Å². The Morgan fingerprint density at radius 3 is 2.57 bits per heavy atom. The summed E-state index contributed by atoms with van der Waals surface area (Å²) in [4.78, 5) is 0. The molecule has 1 saturated carbocycles. The summed E-state index contributed by atoms with van der Waals surface area (Å²) in [7, 11) is 2.08. The van der Waals surface area contributed by atoms with Gasteiger partial charge in [0.05, 0.1) is 6.10 Å². The van der Waals surface area contributed by atoms with Gasteiger partial charge in [-0.25, -0.2) is 0 Å². The van der Waals surface area contributed by atoms with Crippen molar-refractivity contribution < 1.29 is 14.6 Å². The third-order valence-corrected chi connectivity index (χ3v) is 3.17. The summed E-state index contributed by atoms with van der Waals surface area (Å²) in [6, 6.07) is 0. The lowest BCUT2D eigenvalue weighted by atomic mass is 9.86. The molecule has 0 aromatic rings. The summed E-state index contributed by atoms with van der Waals surface area (Å²) < 4.78 is 11.4. The Balaban J connectivity index is 2.23. The molecule has 2 fully saturated rings. The van der Waals surface area contributed by atoms with Crippen LogP contribution < -0.4 is 0 Å². The van der Waals surface area contributed by atoms with Crippen LogP contribution in [0.3, 0.4) is 0 Å². The Morgan fingerprint density at radius 1 is 1.43 bits per heavy atom. The van der Waals surface area contributed by atoms with Gasteiger partial charge in [0, 0.05) is 5.92 Å². The zero-order valence-electron chi connectivity index (χ0n) is 8.99. The summed E-state index contributed by atoms with van der Waals surface area (Å²) >= 11 is 0. The van der Waals surface area contributed by atoms with Gasteiger partial charge in [-0.15, -0.1) is 0 Å². The molecule has 1 aliphatic carbocycles. The van der Waals surface area contributed by atoms with E-state index in [0.717, 1.165) is 11.9 Å². The lowest BCUT2D eigenvalue weighted by molar-refractivity contribution is -0.160. The monoisotopic (exact) mass is 196 g/mol. The first kappa shape index (κ1) is 10.2. The predicted octanol–water partition coefficient (Wildman–Crippen LogP) is 0.105. The van der Waals surface area contributed by atoms with Gasteiger partial charge >= 0.3 is 0 Å². The van der Waals surface area contributed by atoms with Crippen molar-refractivity contribution in [2.75, 3.05) is 0 Å². The van der Waals surface area contributed by atoms with Crippen LogP contribution in [0.15, 0.2) is 12.2 Å². The first-order chi connectivity index (χ1) is 6.46. The van der Waals surface area contributed by atoms with Gasteiger partial charge in [-0.05, 0) is 19.4 Å². The topological polar surface area (TPSA) is 38.7 Å². The van der Waals surface area contributed by atoms with E-state index in [-0.39, 0.29) is 18.1 Å². The second-order valence-corrected chi connectivity index (χ2v) is 4.60. The van der Waals surface area contributed by atoms with Crippen molar-refractivity contribution in [1.29, 1.82) is 0 Å². The quantitative estimate of drug-likeness (QED) is 0.477. The molecule has 0 bridgehead atoms. The standard InChI is InChI=1S/C10H17BO3/c1-5-6(4-11)8-9(7(5)12)14-10(2,3)13-8/h6-9,12H,1,4,11H2,2-3H3/t6-,7-,8-,9?/m0/s1.